The third kappa shape index (κ3) is 4.17. The summed E-state index contributed by atoms with van der Waals surface area (Å²) < 4.78 is 23.5. The average molecular weight is 353 g/mol. The van der Waals surface area contributed by atoms with Crippen molar-refractivity contribution < 1.29 is 18.4 Å². The fourth-order valence-corrected chi connectivity index (χ4v) is 2.46. The molecule has 0 spiro atoms. The zero-order valence-electron chi connectivity index (χ0n) is 15.0. The number of rotatable bonds is 4. The van der Waals surface area contributed by atoms with E-state index in [2.05, 4.69) is 25.9 Å². The lowest BCUT2D eigenvalue weighted by Crippen LogP contribution is -2.12. The van der Waals surface area contributed by atoms with Crippen molar-refractivity contribution >= 4 is 5.97 Å². The van der Waals surface area contributed by atoms with E-state index in [0.29, 0.717) is 22.6 Å². The molecule has 0 aliphatic heterocycles. The summed E-state index contributed by atoms with van der Waals surface area (Å²) in [5, 5.41) is 3.88. The zero-order valence-corrected chi connectivity index (χ0v) is 15.0. The molecule has 0 radical (unpaired) electrons. The predicted molar refractivity (Wildman–Crippen MR) is 96.2 cm³/mol. The van der Waals surface area contributed by atoms with E-state index in [-0.39, 0.29) is 17.8 Å². The van der Waals surface area contributed by atoms with Crippen LogP contribution < -0.4 is 0 Å². The van der Waals surface area contributed by atoms with E-state index >= 15 is 0 Å². The fourth-order valence-electron chi connectivity index (χ4n) is 2.46. The van der Waals surface area contributed by atoms with Gasteiger partial charge in [0.05, 0.1) is 5.56 Å². The Hall–Kier alpha value is -2.95. The van der Waals surface area contributed by atoms with Gasteiger partial charge in [-0.1, -0.05) is 38.1 Å². The van der Waals surface area contributed by atoms with Gasteiger partial charge in [-0.05, 0) is 47.4 Å². The van der Waals surface area contributed by atoms with Gasteiger partial charge in [-0.15, -0.1) is 0 Å². The maximum absolute atomic E-state index is 13.0. The van der Waals surface area contributed by atoms with Gasteiger partial charge in [-0.2, -0.15) is 0 Å². The lowest BCUT2D eigenvalue weighted by atomic mass is 9.87. The molecule has 1 aromatic heterocycles. The molecule has 26 heavy (non-hydrogen) atoms. The fraction of sp³-hybridized carbons (Fsp3) is 0.238. The van der Waals surface area contributed by atoms with Crippen LogP contribution in [0.15, 0.2) is 59.1 Å². The van der Waals surface area contributed by atoms with Gasteiger partial charge in [0, 0.05) is 11.6 Å². The van der Waals surface area contributed by atoms with E-state index in [9.17, 15) is 9.18 Å². The number of carbonyl (C=O) groups is 1. The molecule has 0 aliphatic carbocycles. The Kier molecular flexibility index (Phi) is 4.89. The summed E-state index contributed by atoms with van der Waals surface area (Å²) in [6.07, 6.45) is 0. The van der Waals surface area contributed by atoms with Crippen molar-refractivity contribution in [3.8, 4) is 11.3 Å². The molecule has 3 rings (SSSR count). The van der Waals surface area contributed by atoms with Crippen molar-refractivity contribution in [3.63, 3.8) is 0 Å². The average Bonchev–Trinajstić information content (AvgIpc) is 3.08. The molecule has 0 bridgehead atoms. The summed E-state index contributed by atoms with van der Waals surface area (Å²) in [6.45, 7) is 6.35. The molecule has 1 heterocycles. The molecule has 134 valence electrons. The van der Waals surface area contributed by atoms with Crippen LogP contribution in [0.2, 0.25) is 0 Å². The van der Waals surface area contributed by atoms with Crippen LogP contribution in [-0.4, -0.2) is 11.1 Å². The summed E-state index contributed by atoms with van der Waals surface area (Å²) >= 11 is 0. The molecule has 0 aliphatic rings. The van der Waals surface area contributed by atoms with Gasteiger partial charge in [0.2, 0.25) is 0 Å². The highest BCUT2D eigenvalue weighted by molar-refractivity contribution is 5.89. The van der Waals surface area contributed by atoms with Crippen molar-refractivity contribution in [1.29, 1.82) is 0 Å². The third-order valence-corrected chi connectivity index (χ3v) is 4.03. The Labute approximate surface area is 151 Å². The number of carbonyl (C=O) groups excluding carboxylic acids is 1. The molecular weight excluding hydrogens is 333 g/mol. The lowest BCUT2D eigenvalue weighted by Gasteiger charge is -2.18. The Morgan fingerprint density at radius 2 is 1.73 bits per heavy atom. The molecule has 0 saturated carbocycles. The molecular formula is C21H20FNO3. The number of esters is 1. The van der Waals surface area contributed by atoms with Gasteiger partial charge in [-0.3, -0.25) is 0 Å². The van der Waals surface area contributed by atoms with Crippen LogP contribution in [0.3, 0.4) is 0 Å². The maximum Gasteiger partial charge on any atom is 0.338 e. The Bertz CT molecular complexity index is 890. The first-order valence-corrected chi connectivity index (χ1v) is 8.32. The van der Waals surface area contributed by atoms with Crippen LogP contribution >= 0.6 is 0 Å². The standard InChI is InChI=1S/C21H20FNO3/c1-21(2,3)16-8-4-15(5-9-16)20(24)25-13-18-12-19(26-23-18)14-6-10-17(22)11-7-14/h4-12H,13H2,1-3H3. The molecule has 2 aromatic carbocycles. The largest absolute Gasteiger partial charge is 0.455 e. The molecule has 0 atom stereocenters. The second kappa shape index (κ2) is 7.12. The minimum absolute atomic E-state index is 0.00451. The number of benzene rings is 2. The third-order valence-electron chi connectivity index (χ3n) is 4.03. The van der Waals surface area contributed by atoms with Crippen LogP contribution in [-0.2, 0) is 16.8 Å². The molecule has 0 N–H and O–H groups in total. The van der Waals surface area contributed by atoms with E-state index < -0.39 is 5.97 Å². The summed E-state index contributed by atoms with van der Waals surface area (Å²) in [7, 11) is 0. The number of hydrogen-bond acceptors (Lipinski definition) is 4. The van der Waals surface area contributed by atoms with Gasteiger partial charge in [0.25, 0.3) is 0 Å². The second-order valence-electron chi connectivity index (χ2n) is 7.09. The van der Waals surface area contributed by atoms with Crippen LogP contribution in [0.4, 0.5) is 4.39 Å². The predicted octanol–water partition coefficient (Wildman–Crippen LogP) is 5.14. The van der Waals surface area contributed by atoms with Crippen molar-refractivity contribution in [2.75, 3.05) is 0 Å². The maximum atomic E-state index is 13.0. The highest BCUT2D eigenvalue weighted by Crippen LogP contribution is 2.23. The summed E-state index contributed by atoms with van der Waals surface area (Å²) in [5.41, 5.74) is 2.85. The van der Waals surface area contributed by atoms with Crippen LogP contribution in [0.25, 0.3) is 11.3 Å². The summed E-state index contributed by atoms with van der Waals surface area (Å²) in [6, 6.07) is 14.9. The van der Waals surface area contributed by atoms with E-state index in [4.69, 9.17) is 9.26 Å². The molecule has 3 aromatic rings. The van der Waals surface area contributed by atoms with E-state index in [0.717, 1.165) is 5.56 Å². The Morgan fingerprint density at radius 1 is 1.08 bits per heavy atom. The number of aromatic nitrogens is 1. The molecule has 0 unspecified atom stereocenters. The van der Waals surface area contributed by atoms with Crippen molar-refractivity contribution in [3.05, 3.63) is 77.2 Å². The smallest absolute Gasteiger partial charge is 0.338 e. The molecule has 5 heteroatoms. The second-order valence-corrected chi connectivity index (χ2v) is 7.09. The van der Waals surface area contributed by atoms with Crippen molar-refractivity contribution in [2.45, 2.75) is 32.8 Å². The van der Waals surface area contributed by atoms with Crippen LogP contribution in [0.1, 0.15) is 42.4 Å². The normalized spacial score (nSPS) is 11.4. The van der Waals surface area contributed by atoms with Crippen LogP contribution in [0, 0.1) is 5.82 Å². The topological polar surface area (TPSA) is 52.3 Å². The van der Waals surface area contributed by atoms with E-state index in [1.54, 1.807) is 30.3 Å². The highest BCUT2D eigenvalue weighted by atomic mass is 19.1. The molecule has 0 amide bonds. The molecule has 0 fully saturated rings. The minimum atomic E-state index is -0.420. The molecule has 4 nitrogen and oxygen atoms in total. The van der Waals surface area contributed by atoms with E-state index in [1.807, 2.05) is 12.1 Å². The number of ether oxygens (including phenoxy) is 1. The number of nitrogens with zero attached hydrogens (tertiary/aromatic N) is 1. The Morgan fingerprint density at radius 3 is 2.35 bits per heavy atom. The van der Waals surface area contributed by atoms with Gasteiger partial charge in [0.1, 0.15) is 18.1 Å². The zero-order chi connectivity index (χ0) is 18.7. The van der Waals surface area contributed by atoms with Crippen molar-refractivity contribution in [1.82, 2.24) is 5.16 Å². The first-order valence-electron chi connectivity index (χ1n) is 8.32. The minimum Gasteiger partial charge on any atom is -0.455 e. The van der Waals surface area contributed by atoms with Crippen LogP contribution in [0.5, 0.6) is 0 Å². The SMILES string of the molecule is CC(C)(C)c1ccc(C(=O)OCc2cc(-c3ccc(F)cc3)on2)cc1. The quantitative estimate of drug-likeness (QED) is 0.610. The van der Waals surface area contributed by atoms with Gasteiger partial charge < -0.3 is 9.26 Å². The summed E-state index contributed by atoms with van der Waals surface area (Å²) in [4.78, 5) is 12.2. The first-order chi connectivity index (χ1) is 12.3. The van der Waals surface area contributed by atoms with Gasteiger partial charge in [-0.25, -0.2) is 9.18 Å². The summed E-state index contributed by atoms with van der Waals surface area (Å²) in [5.74, 6) is -0.248. The first kappa shape index (κ1) is 17.9. The van der Waals surface area contributed by atoms with Gasteiger partial charge in [0.15, 0.2) is 5.76 Å². The van der Waals surface area contributed by atoms with Crippen molar-refractivity contribution in [2.24, 2.45) is 0 Å². The monoisotopic (exact) mass is 353 g/mol. The lowest BCUT2D eigenvalue weighted by molar-refractivity contribution is 0.0464. The van der Waals surface area contributed by atoms with E-state index in [1.165, 1.54) is 12.1 Å². The number of halogens is 1. The highest BCUT2D eigenvalue weighted by Gasteiger charge is 2.15. The Balaban J connectivity index is 1.62. The van der Waals surface area contributed by atoms with Gasteiger partial charge >= 0.3 is 5.97 Å². The molecule has 0 saturated heterocycles. The number of hydrogen-bond donors (Lipinski definition) is 0.